The first-order valence-electron chi connectivity index (χ1n) is 12.5. The van der Waals surface area contributed by atoms with Crippen LogP contribution in [0, 0.1) is 23.2 Å². The highest BCUT2D eigenvalue weighted by Crippen LogP contribution is 2.45. The summed E-state index contributed by atoms with van der Waals surface area (Å²) < 4.78 is 7.10. The van der Waals surface area contributed by atoms with E-state index < -0.39 is 0 Å². The number of rotatable bonds is 5. The Labute approximate surface area is 225 Å². The SMILES string of the molecule is COc1cc(-c2ccc(N3C[C@@H]4CC(C)(NC(=O)c5ncccc5Cl)C[C@@H]4C3)nc2)c2c(C#N)cnn2c1. The van der Waals surface area contributed by atoms with Crippen LogP contribution in [-0.2, 0) is 0 Å². The highest BCUT2D eigenvalue weighted by atomic mass is 35.5. The van der Waals surface area contributed by atoms with E-state index in [0.29, 0.717) is 28.2 Å². The Bertz CT molecular complexity index is 1560. The molecule has 1 aliphatic carbocycles. The summed E-state index contributed by atoms with van der Waals surface area (Å²) in [4.78, 5) is 24.1. The molecule has 5 heterocycles. The minimum atomic E-state index is -0.294. The minimum absolute atomic E-state index is 0.225. The molecule has 38 heavy (non-hydrogen) atoms. The summed E-state index contributed by atoms with van der Waals surface area (Å²) in [5.41, 5.74) is 2.93. The van der Waals surface area contributed by atoms with Crippen LogP contribution in [0.3, 0.4) is 0 Å². The highest BCUT2D eigenvalue weighted by Gasteiger charge is 2.47. The summed E-state index contributed by atoms with van der Waals surface area (Å²) in [5.74, 6) is 2.27. The number of nitrogens with zero attached hydrogens (tertiary/aromatic N) is 6. The first-order chi connectivity index (χ1) is 18.4. The van der Waals surface area contributed by atoms with Gasteiger partial charge >= 0.3 is 0 Å². The van der Waals surface area contributed by atoms with E-state index >= 15 is 0 Å². The van der Waals surface area contributed by atoms with Crippen LogP contribution in [0.15, 0.2) is 55.1 Å². The summed E-state index contributed by atoms with van der Waals surface area (Å²) in [7, 11) is 1.61. The fraction of sp³-hybridized carbons (Fsp3) is 0.321. The van der Waals surface area contributed by atoms with E-state index in [2.05, 4.69) is 33.3 Å². The average molecular weight is 528 g/mol. The maximum Gasteiger partial charge on any atom is 0.271 e. The van der Waals surface area contributed by atoms with Gasteiger partial charge in [0.25, 0.3) is 5.91 Å². The van der Waals surface area contributed by atoms with Gasteiger partial charge in [-0.1, -0.05) is 11.6 Å². The molecule has 10 heteroatoms. The van der Waals surface area contributed by atoms with Crippen molar-refractivity contribution in [2.24, 2.45) is 11.8 Å². The lowest BCUT2D eigenvalue weighted by atomic mass is 9.97. The number of ether oxygens (including phenoxy) is 1. The van der Waals surface area contributed by atoms with Crippen molar-refractivity contribution in [1.29, 1.82) is 5.26 Å². The van der Waals surface area contributed by atoms with Crippen LogP contribution < -0.4 is 15.0 Å². The van der Waals surface area contributed by atoms with Crippen molar-refractivity contribution in [1.82, 2.24) is 24.9 Å². The van der Waals surface area contributed by atoms with Crippen molar-refractivity contribution in [3.8, 4) is 22.9 Å². The first kappa shape index (κ1) is 24.2. The smallest absolute Gasteiger partial charge is 0.271 e. The van der Waals surface area contributed by atoms with E-state index in [4.69, 9.17) is 21.3 Å². The van der Waals surface area contributed by atoms with Crippen LogP contribution in [0.1, 0.15) is 35.8 Å². The van der Waals surface area contributed by atoms with Crippen molar-refractivity contribution in [2.45, 2.75) is 25.3 Å². The molecule has 1 saturated carbocycles. The third kappa shape index (κ3) is 4.21. The second kappa shape index (κ2) is 9.30. The van der Waals surface area contributed by atoms with Crippen LogP contribution in [0.5, 0.6) is 5.75 Å². The Hall–Kier alpha value is -4.16. The zero-order chi connectivity index (χ0) is 26.4. The van der Waals surface area contributed by atoms with E-state index in [1.165, 1.54) is 0 Å². The van der Waals surface area contributed by atoms with Crippen molar-refractivity contribution in [2.75, 3.05) is 25.1 Å². The number of carbonyl (C=O) groups excluding carboxylic acids is 1. The monoisotopic (exact) mass is 527 g/mol. The molecule has 1 saturated heterocycles. The number of amides is 1. The van der Waals surface area contributed by atoms with Gasteiger partial charge in [-0.3, -0.25) is 4.79 Å². The van der Waals surface area contributed by atoms with Crippen molar-refractivity contribution in [3.05, 3.63) is 71.4 Å². The van der Waals surface area contributed by atoms with Gasteiger partial charge in [-0.2, -0.15) is 10.4 Å². The minimum Gasteiger partial charge on any atom is -0.495 e. The summed E-state index contributed by atoms with van der Waals surface area (Å²) >= 11 is 6.17. The summed E-state index contributed by atoms with van der Waals surface area (Å²) in [6.45, 7) is 3.88. The molecule has 1 aliphatic heterocycles. The zero-order valence-electron chi connectivity index (χ0n) is 21.1. The zero-order valence-corrected chi connectivity index (χ0v) is 21.8. The molecule has 0 bridgehead atoms. The van der Waals surface area contributed by atoms with E-state index in [9.17, 15) is 10.1 Å². The molecule has 0 aromatic carbocycles. The number of nitrogens with one attached hydrogen (secondary N) is 1. The normalized spacial score (nSPS) is 22.3. The van der Waals surface area contributed by atoms with Crippen LogP contribution in [0.25, 0.3) is 16.6 Å². The maximum absolute atomic E-state index is 12.8. The number of anilines is 1. The standard InChI is InChI=1S/C28H26ClN7O2/c1-28(34-27(37)25-23(29)4-3-7-31-25)9-18-14-35(15-19(18)10-28)24-6-5-17(12-32-24)22-8-21(38-2)16-36-26(22)20(11-30)13-33-36/h3-8,12-13,16,18-19H,9-10,14-15H2,1-2H3,(H,34,37)/t18-,19+,28?. The third-order valence-corrected chi connectivity index (χ3v) is 8.02. The van der Waals surface area contributed by atoms with Gasteiger partial charge in [0, 0.05) is 42.1 Å². The molecule has 3 atom stereocenters. The predicted molar refractivity (Wildman–Crippen MR) is 143 cm³/mol. The fourth-order valence-electron chi connectivity index (χ4n) is 6.06. The third-order valence-electron chi connectivity index (χ3n) is 7.72. The Morgan fingerprint density at radius 3 is 2.66 bits per heavy atom. The van der Waals surface area contributed by atoms with Crippen LogP contribution >= 0.6 is 11.6 Å². The lowest BCUT2D eigenvalue weighted by Gasteiger charge is -2.28. The van der Waals surface area contributed by atoms with Crippen LogP contribution in [0.2, 0.25) is 5.02 Å². The lowest BCUT2D eigenvalue weighted by Crippen LogP contribution is -2.45. The maximum atomic E-state index is 12.8. The number of methoxy groups -OCH3 is 1. The van der Waals surface area contributed by atoms with Gasteiger partial charge in [-0.05, 0) is 61.9 Å². The number of pyridine rings is 3. The van der Waals surface area contributed by atoms with Crippen molar-refractivity contribution < 1.29 is 9.53 Å². The molecule has 0 spiro atoms. The lowest BCUT2D eigenvalue weighted by molar-refractivity contribution is 0.0900. The Morgan fingerprint density at radius 2 is 2.00 bits per heavy atom. The number of fused-ring (bicyclic) bond motifs is 2. The topological polar surface area (TPSA) is 108 Å². The molecule has 6 rings (SSSR count). The van der Waals surface area contributed by atoms with E-state index in [1.807, 2.05) is 24.4 Å². The van der Waals surface area contributed by atoms with E-state index in [0.717, 1.165) is 48.4 Å². The molecule has 1 amide bonds. The summed E-state index contributed by atoms with van der Waals surface area (Å²) in [6, 6.07) is 11.6. The van der Waals surface area contributed by atoms with Crippen LogP contribution in [-0.4, -0.2) is 51.2 Å². The molecule has 0 radical (unpaired) electrons. The second-order valence-electron chi connectivity index (χ2n) is 10.3. The Balaban J connectivity index is 1.17. The quantitative estimate of drug-likeness (QED) is 0.410. The molecule has 1 N–H and O–H groups in total. The molecular weight excluding hydrogens is 502 g/mol. The van der Waals surface area contributed by atoms with Gasteiger partial charge in [0.1, 0.15) is 23.3 Å². The molecular formula is C28H26ClN7O2. The molecule has 4 aromatic rings. The van der Waals surface area contributed by atoms with Gasteiger partial charge in [0.15, 0.2) is 0 Å². The van der Waals surface area contributed by atoms with E-state index in [-0.39, 0.29) is 17.1 Å². The Kier molecular flexibility index (Phi) is 5.92. The molecule has 1 unspecified atom stereocenters. The number of aromatic nitrogens is 4. The average Bonchev–Trinajstić information content (AvgIpc) is 3.59. The fourth-order valence-corrected chi connectivity index (χ4v) is 6.27. The number of hydrogen-bond donors (Lipinski definition) is 1. The second-order valence-corrected chi connectivity index (χ2v) is 10.8. The Morgan fingerprint density at radius 1 is 1.21 bits per heavy atom. The number of halogens is 1. The first-order valence-corrected chi connectivity index (χ1v) is 12.8. The summed E-state index contributed by atoms with van der Waals surface area (Å²) in [6.07, 6.45) is 8.52. The van der Waals surface area contributed by atoms with Crippen molar-refractivity contribution >= 4 is 28.8 Å². The van der Waals surface area contributed by atoms with Crippen molar-refractivity contribution in [3.63, 3.8) is 0 Å². The molecule has 2 fully saturated rings. The van der Waals surface area contributed by atoms with Gasteiger partial charge < -0.3 is 15.0 Å². The van der Waals surface area contributed by atoms with Gasteiger partial charge in [-0.25, -0.2) is 14.5 Å². The van der Waals surface area contributed by atoms with Crippen LogP contribution in [0.4, 0.5) is 5.82 Å². The summed E-state index contributed by atoms with van der Waals surface area (Å²) in [5, 5.41) is 17.4. The highest BCUT2D eigenvalue weighted by molar-refractivity contribution is 6.33. The number of hydrogen-bond acceptors (Lipinski definition) is 7. The van der Waals surface area contributed by atoms with E-state index in [1.54, 1.807) is 42.3 Å². The van der Waals surface area contributed by atoms with Gasteiger partial charge in [0.05, 0.1) is 35.6 Å². The molecule has 4 aromatic heterocycles. The van der Waals surface area contributed by atoms with Gasteiger partial charge in [-0.15, -0.1) is 0 Å². The number of nitriles is 1. The molecule has 2 aliphatic rings. The largest absolute Gasteiger partial charge is 0.495 e. The molecule has 192 valence electrons. The predicted octanol–water partition coefficient (Wildman–Crippen LogP) is 4.36. The molecule has 9 nitrogen and oxygen atoms in total. The number of carbonyl (C=O) groups is 1. The van der Waals surface area contributed by atoms with Gasteiger partial charge in [0.2, 0.25) is 0 Å².